The van der Waals surface area contributed by atoms with Crippen molar-refractivity contribution in [2.24, 2.45) is 0 Å². The van der Waals surface area contributed by atoms with Crippen LogP contribution in [0, 0.1) is 0 Å². The summed E-state index contributed by atoms with van der Waals surface area (Å²) >= 11 is 1.87. The number of hydrogen-bond acceptors (Lipinski definition) is 1. The summed E-state index contributed by atoms with van der Waals surface area (Å²) in [4.78, 5) is 0. The van der Waals surface area contributed by atoms with Crippen molar-refractivity contribution in [3.63, 3.8) is 0 Å². The lowest BCUT2D eigenvalue weighted by atomic mass is 9.81. The van der Waals surface area contributed by atoms with Gasteiger partial charge in [-0.3, -0.25) is 0 Å². The Balaban J connectivity index is 1.42. The Labute approximate surface area is 276 Å². The molecular weight excluding hydrogens is 585 g/mol. The molecule has 0 aliphatic rings. The largest absolute Gasteiger partial charge is 0.135 e. The second-order valence-corrected chi connectivity index (χ2v) is 13.5. The highest BCUT2D eigenvalue weighted by Crippen LogP contribution is 2.49. The maximum atomic E-state index is 2.42. The van der Waals surface area contributed by atoms with E-state index in [-0.39, 0.29) is 0 Å². The molecule has 0 fully saturated rings. The first-order valence-electron chi connectivity index (χ1n) is 16.2. The lowest BCUT2D eigenvalue weighted by Crippen LogP contribution is -1.94. The van der Waals surface area contributed by atoms with Gasteiger partial charge in [-0.25, -0.2) is 0 Å². The molecule has 0 radical (unpaired) electrons. The summed E-state index contributed by atoms with van der Waals surface area (Å²) in [6, 6.07) is 62.9. The highest BCUT2D eigenvalue weighted by molar-refractivity contribution is 7.25. The van der Waals surface area contributed by atoms with Crippen LogP contribution in [0.2, 0.25) is 0 Å². The lowest BCUT2D eigenvalue weighted by Gasteiger charge is -2.22. The molecular formula is C46H28S. The fourth-order valence-electron chi connectivity index (χ4n) is 7.82. The quantitative estimate of drug-likeness (QED) is 0.174. The van der Waals surface area contributed by atoms with Gasteiger partial charge in [0, 0.05) is 20.2 Å². The third-order valence-corrected chi connectivity index (χ3v) is 11.0. The molecule has 0 bridgehead atoms. The summed E-state index contributed by atoms with van der Waals surface area (Å²) in [7, 11) is 0. The van der Waals surface area contributed by atoms with Crippen LogP contribution in [0.15, 0.2) is 170 Å². The van der Waals surface area contributed by atoms with Gasteiger partial charge in [0.15, 0.2) is 0 Å². The first-order valence-corrected chi connectivity index (χ1v) is 17.0. The molecule has 0 atom stereocenters. The predicted octanol–water partition coefficient (Wildman–Crippen LogP) is 13.7. The first kappa shape index (κ1) is 26.5. The van der Waals surface area contributed by atoms with Crippen LogP contribution in [0.3, 0.4) is 0 Å². The third-order valence-electron chi connectivity index (χ3n) is 9.86. The van der Waals surface area contributed by atoms with E-state index in [0.717, 1.165) is 0 Å². The van der Waals surface area contributed by atoms with E-state index in [1.165, 1.54) is 96.6 Å². The van der Waals surface area contributed by atoms with E-state index in [1.807, 2.05) is 11.3 Å². The van der Waals surface area contributed by atoms with Crippen LogP contribution in [-0.4, -0.2) is 0 Å². The zero-order valence-corrected chi connectivity index (χ0v) is 26.4. The van der Waals surface area contributed by atoms with Crippen LogP contribution in [0.25, 0.3) is 96.6 Å². The van der Waals surface area contributed by atoms with Crippen LogP contribution in [0.4, 0.5) is 0 Å². The van der Waals surface area contributed by atoms with E-state index in [9.17, 15) is 0 Å². The summed E-state index contributed by atoms with van der Waals surface area (Å²) in [5, 5.41) is 12.8. The van der Waals surface area contributed by atoms with Crippen molar-refractivity contribution in [2.75, 3.05) is 0 Å². The third kappa shape index (κ3) is 4.00. The van der Waals surface area contributed by atoms with Crippen LogP contribution >= 0.6 is 11.3 Å². The number of rotatable bonds is 3. The Bertz CT molecular complexity index is 2840. The monoisotopic (exact) mass is 612 g/mol. The molecule has 0 N–H and O–H groups in total. The zero-order chi connectivity index (χ0) is 30.9. The lowest BCUT2D eigenvalue weighted by molar-refractivity contribution is 1.67. The minimum atomic E-state index is 1.24. The summed E-state index contributed by atoms with van der Waals surface area (Å²) in [5.74, 6) is 0. The van der Waals surface area contributed by atoms with Gasteiger partial charge in [0.25, 0.3) is 0 Å². The number of fused-ring (bicyclic) bond motifs is 7. The smallest absolute Gasteiger partial charge is 0.0355 e. The van der Waals surface area contributed by atoms with Crippen LogP contribution in [0.5, 0.6) is 0 Å². The number of benzene rings is 9. The van der Waals surface area contributed by atoms with Crippen molar-refractivity contribution in [1.29, 1.82) is 0 Å². The average Bonchev–Trinajstić information content (AvgIpc) is 3.51. The van der Waals surface area contributed by atoms with Gasteiger partial charge in [-0.1, -0.05) is 152 Å². The van der Waals surface area contributed by atoms with Crippen molar-refractivity contribution in [1.82, 2.24) is 0 Å². The molecule has 0 nitrogen and oxygen atoms in total. The maximum Gasteiger partial charge on any atom is 0.0355 e. The molecule has 0 spiro atoms. The van der Waals surface area contributed by atoms with E-state index in [2.05, 4.69) is 170 Å². The first-order chi connectivity index (χ1) is 23.3. The molecule has 47 heavy (non-hydrogen) atoms. The molecule has 0 saturated carbocycles. The minimum Gasteiger partial charge on any atom is -0.135 e. The van der Waals surface area contributed by atoms with Crippen molar-refractivity contribution in [3.8, 4) is 33.4 Å². The normalized spacial score (nSPS) is 11.8. The summed E-state index contributed by atoms with van der Waals surface area (Å²) in [5.41, 5.74) is 7.62. The number of thiophene rings is 1. The molecule has 10 aromatic rings. The van der Waals surface area contributed by atoms with Crippen LogP contribution in [0.1, 0.15) is 0 Å². The topological polar surface area (TPSA) is 0 Å². The fraction of sp³-hybridized carbons (Fsp3) is 0. The van der Waals surface area contributed by atoms with Gasteiger partial charge in [0.05, 0.1) is 0 Å². The second kappa shape index (κ2) is 10.4. The Morgan fingerprint density at radius 1 is 0.298 bits per heavy atom. The van der Waals surface area contributed by atoms with E-state index < -0.39 is 0 Å². The van der Waals surface area contributed by atoms with Gasteiger partial charge in [-0.15, -0.1) is 11.3 Å². The van der Waals surface area contributed by atoms with Crippen LogP contribution in [-0.2, 0) is 0 Å². The maximum absolute atomic E-state index is 2.42. The van der Waals surface area contributed by atoms with Crippen molar-refractivity contribution < 1.29 is 0 Å². The molecule has 1 heteroatoms. The Morgan fingerprint density at radius 2 is 0.787 bits per heavy atom. The highest BCUT2D eigenvalue weighted by atomic mass is 32.1. The van der Waals surface area contributed by atoms with E-state index in [1.54, 1.807) is 0 Å². The van der Waals surface area contributed by atoms with Crippen LogP contribution < -0.4 is 0 Å². The molecule has 218 valence electrons. The predicted molar refractivity (Wildman–Crippen MR) is 206 cm³/mol. The van der Waals surface area contributed by atoms with Gasteiger partial charge < -0.3 is 0 Å². The summed E-state index contributed by atoms with van der Waals surface area (Å²) in [6.07, 6.45) is 0. The SMILES string of the molecule is c1ccc2c(-c3c4ccccc4c(-c4cccc5ccccc45)c4c(-c5ccc6sc7ccccc7c6c5)cccc34)cccc2c1. The van der Waals surface area contributed by atoms with Gasteiger partial charge in [0.1, 0.15) is 0 Å². The van der Waals surface area contributed by atoms with Gasteiger partial charge in [-0.05, 0) is 94.7 Å². The van der Waals surface area contributed by atoms with Crippen molar-refractivity contribution in [2.45, 2.75) is 0 Å². The minimum absolute atomic E-state index is 1.24. The molecule has 0 aliphatic carbocycles. The fourth-order valence-corrected chi connectivity index (χ4v) is 8.91. The number of hydrogen-bond donors (Lipinski definition) is 0. The van der Waals surface area contributed by atoms with Gasteiger partial charge >= 0.3 is 0 Å². The Morgan fingerprint density at radius 3 is 1.51 bits per heavy atom. The standard InChI is InChI=1S/C46H28S/c1-3-16-32-29(12-1)14-9-22-36(32)44-38-19-5-6-20-39(38)46(37-23-10-15-30-13-2-4-17-33(30)37)45-34(21-11-24-40(44)45)31-26-27-43-41(28-31)35-18-7-8-25-42(35)47-43/h1-28H. The molecule has 0 saturated heterocycles. The Kier molecular flexibility index (Phi) is 5.85. The second-order valence-electron chi connectivity index (χ2n) is 12.4. The van der Waals surface area contributed by atoms with E-state index in [4.69, 9.17) is 0 Å². The van der Waals surface area contributed by atoms with Crippen molar-refractivity contribution >= 4 is 74.6 Å². The molecule has 10 rings (SSSR count). The summed E-state index contributed by atoms with van der Waals surface area (Å²) in [6.45, 7) is 0. The van der Waals surface area contributed by atoms with Gasteiger partial charge in [-0.2, -0.15) is 0 Å². The highest BCUT2D eigenvalue weighted by Gasteiger charge is 2.22. The molecule has 0 aliphatic heterocycles. The average molecular weight is 613 g/mol. The molecule has 9 aromatic carbocycles. The van der Waals surface area contributed by atoms with E-state index >= 15 is 0 Å². The Hall–Kier alpha value is -5.76. The summed E-state index contributed by atoms with van der Waals surface area (Å²) < 4.78 is 2.66. The zero-order valence-electron chi connectivity index (χ0n) is 25.6. The van der Waals surface area contributed by atoms with Crippen molar-refractivity contribution in [3.05, 3.63) is 170 Å². The molecule has 0 amide bonds. The molecule has 1 heterocycles. The molecule has 1 aromatic heterocycles. The molecule has 0 unspecified atom stereocenters. The van der Waals surface area contributed by atoms with Gasteiger partial charge in [0.2, 0.25) is 0 Å². The van der Waals surface area contributed by atoms with E-state index in [0.29, 0.717) is 0 Å².